The molecular weight excluding hydrogens is 270 g/mol. The Balaban J connectivity index is 1.60. The molecule has 7 heteroatoms. The molecule has 0 aromatic carbocycles. The lowest BCUT2D eigenvalue weighted by molar-refractivity contribution is -0.175. The first-order chi connectivity index (χ1) is 9.87. The molecule has 1 saturated carbocycles. The van der Waals surface area contributed by atoms with Crippen molar-refractivity contribution in [3.8, 4) is 0 Å². The lowest BCUT2D eigenvalue weighted by Crippen LogP contribution is -2.80. The van der Waals surface area contributed by atoms with Crippen LogP contribution in [-0.4, -0.2) is 45.5 Å². The Morgan fingerprint density at radius 2 is 2.38 bits per heavy atom. The molecule has 3 atom stereocenters. The summed E-state index contributed by atoms with van der Waals surface area (Å²) >= 11 is 0. The van der Waals surface area contributed by atoms with Gasteiger partial charge in [-0.15, -0.1) is 0 Å². The fraction of sp³-hybridized carbons (Fsp3) is 0.786. The molecule has 3 rings (SSSR count). The average Bonchev–Trinajstić information content (AvgIpc) is 3.05. The Bertz CT molecular complexity index is 555. The second-order valence-corrected chi connectivity index (χ2v) is 6.62. The Morgan fingerprint density at radius 1 is 1.62 bits per heavy atom. The quantitative estimate of drug-likeness (QED) is 0.789. The van der Waals surface area contributed by atoms with Crippen LogP contribution in [0.1, 0.15) is 26.1 Å². The van der Waals surface area contributed by atoms with Gasteiger partial charge in [0.05, 0.1) is 6.10 Å². The maximum Gasteiger partial charge on any atom is 0.241 e. The molecule has 0 radical (unpaired) electrons. The van der Waals surface area contributed by atoms with E-state index in [0.29, 0.717) is 19.6 Å². The van der Waals surface area contributed by atoms with Crippen molar-refractivity contribution >= 4 is 5.91 Å². The fourth-order valence-corrected chi connectivity index (χ4v) is 3.78. The molecule has 0 bridgehead atoms. The van der Waals surface area contributed by atoms with Crippen molar-refractivity contribution in [3.05, 3.63) is 12.2 Å². The number of fused-ring (bicyclic) bond motifs is 1. The highest BCUT2D eigenvalue weighted by atomic mass is 16.5. The van der Waals surface area contributed by atoms with Gasteiger partial charge >= 0.3 is 0 Å². The highest BCUT2D eigenvalue weighted by Crippen LogP contribution is 2.58. The van der Waals surface area contributed by atoms with Gasteiger partial charge in [-0.3, -0.25) is 9.48 Å². The van der Waals surface area contributed by atoms with Gasteiger partial charge in [0, 0.05) is 38.0 Å². The predicted octanol–water partition coefficient (Wildman–Crippen LogP) is -0.384. The molecule has 116 valence electrons. The van der Waals surface area contributed by atoms with Crippen molar-refractivity contribution in [1.29, 1.82) is 0 Å². The highest BCUT2D eigenvalue weighted by molar-refractivity contribution is 5.89. The maximum absolute atomic E-state index is 12.6. The summed E-state index contributed by atoms with van der Waals surface area (Å²) in [5.74, 6) is 0.759. The smallest absolute Gasteiger partial charge is 0.241 e. The van der Waals surface area contributed by atoms with E-state index in [-0.39, 0.29) is 23.3 Å². The molecule has 21 heavy (non-hydrogen) atoms. The van der Waals surface area contributed by atoms with Crippen LogP contribution in [0.5, 0.6) is 0 Å². The Morgan fingerprint density at radius 3 is 3.05 bits per heavy atom. The molecule has 7 nitrogen and oxygen atoms in total. The van der Waals surface area contributed by atoms with Crippen LogP contribution in [0.4, 0.5) is 0 Å². The zero-order valence-electron chi connectivity index (χ0n) is 12.8. The Labute approximate surface area is 124 Å². The third-order valence-electron chi connectivity index (χ3n) is 5.11. The summed E-state index contributed by atoms with van der Waals surface area (Å²) in [4.78, 5) is 16.7. The van der Waals surface area contributed by atoms with E-state index in [1.54, 1.807) is 11.0 Å². The predicted molar refractivity (Wildman–Crippen MR) is 76.3 cm³/mol. The summed E-state index contributed by atoms with van der Waals surface area (Å²) in [7, 11) is 1.82. The first kappa shape index (κ1) is 14.5. The van der Waals surface area contributed by atoms with Crippen LogP contribution >= 0.6 is 0 Å². The van der Waals surface area contributed by atoms with Crippen molar-refractivity contribution in [1.82, 2.24) is 20.1 Å². The number of ether oxygens (including phenoxy) is 1. The Hall–Kier alpha value is -1.47. The molecule has 1 aromatic heterocycles. The first-order valence-electron chi connectivity index (χ1n) is 7.40. The number of nitrogens with two attached hydrogens (primary N) is 1. The van der Waals surface area contributed by atoms with Gasteiger partial charge in [0.15, 0.2) is 5.82 Å². The van der Waals surface area contributed by atoms with Gasteiger partial charge in [0.1, 0.15) is 11.9 Å². The summed E-state index contributed by atoms with van der Waals surface area (Å²) < 4.78 is 7.36. The third kappa shape index (κ3) is 1.98. The normalized spacial score (nSPS) is 33.3. The van der Waals surface area contributed by atoms with E-state index in [4.69, 9.17) is 10.5 Å². The number of nitrogens with one attached hydrogen (secondary N) is 1. The average molecular weight is 293 g/mol. The largest absolute Gasteiger partial charge is 0.377 e. The Kier molecular flexibility index (Phi) is 3.29. The number of aromatic nitrogens is 3. The van der Waals surface area contributed by atoms with Crippen LogP contribution in [0.15, 0.2) is 6.33 Å². The number of carbonyl (C=O) groups is 1. The van der Waals surface area contributed by atoms with Crippen molar-refractivity contribution < 1.29 is 9.53 Å². The van der Waals surface area contributed by atoms with Crippen LogP contribution in [0.2, 0.25) is 0 Å². The number of nitrogens with zero attached hydrogens (tertiary/aromatic N) is 3. The molecule has 2 fully saturated rings. The minimum absolute atomic E-state index is 0.0878. The molecule has 3 N–H and O–H groups in total. The van der Waals surface area contributed by atoms with E-state index in [9.17, 15) is 4.79 Å². The molecule has 1 aromatic rings. The van der Waals surface area contributed by atoms with Crippen LogP contribution < -0.4 is 11.1 Å². The number of amides is 1. The van der Waals surface area contributed by atoms with Gasteiger partial charge in [-0.2, -0.15) is 5.10 Å². The lowest BCUT2D eigenvalue weighted by Gasteiger charge is -2.60. The van der Waals surface area contributed by atoms with Crippen LogP contribution in [0, 0.1) is 11.3 Å². The summed E-state index contributed by atoms with van der Waals surface area (Å²) in [5, 5.41) is 7.13. The number of hydrogen-bond acceptors (Lipinski definition) is 5. The van der Waals surface area contributed by atoms with Gasteiger partial charge in [0.2, 0.25) is 5.91 Å². The molecule has 1 amide bonds. The van der Waals surface area contributed by atoms with Gasteiger partial charge in [-0.05, 0) is 6.42 Å². The summed E-state index contributed by atoms with van der Waals surface area (Å²) in [6.45, 7) is 5.22. The van der Waals surface area contributed by atoms with E-state index in [1.807, 2.05) is 20.9 Å². The molecule has 1 aliphatic carbocycles. The first-order valence-corrected chi connectivity index (χ1v) is 7.40. The minimum Gasteiger partial charge on any atom is -0.377 e. The van der Waals surface area contributed by atoms with Gasteiger partial charge in [-0.25, -0.2) is 4.98 Å². The van der Waals surface area contributed by atoms with E-state index in [2.05, 4.69) is 15.4 Å². The molecule has 2 aliphatic rings. The molecule has 1 saturated heterocycles. The number of aryl methyl sites for hydroxylation is 1. The van der Waals surface area contributed by atoms with Gasteiger partial charge in [0.25, 0.3) is 0 Å². The van der Waals surface area contributed by atoms with E-state index in [1.165, 1.54) is 0 Å². The zero-order valence-corrected chi connectivity index (χ0v) is 12.8. The lowest BCUT2D eigenvalue weighted by atomic mass is 9.48. The molecule has 2 heterocycles. The second kappa shape index (κ2) is 4.78. The molecule has 0 spiro atoms. The SMILES string of the molecule is Cn1cnc(CCNC(=O)C2(N)C3CCOC3C2(C)C)n1. The number of hydrogen-bond donors (Lipinski definition) is 2. The summed E-state index contributed by atoms with van der Waals surface area (Å²) in [5.41, 5.74) is 5.29. The number of carbonyl (C=O) groups excluding carboxylic acids is 1. The van der Waals surface area contributed by atoms with Crippen molar-refractivity contribution in [2.24, 2.45) is 24.1 Å². The van der Waals surface area contributed by atoms with Crippen molar-refractivity contribution in [3.63, 3.8) is 0 Å². The van der Waals surface area contributed by atoms with Crippen LogP contribution in [0.25, 0.3) is 0 Å². The monoisotopic (exact) mass is 293 g/mol. The highest BCUT2D eigenvalue weighted by Gasteiger charge is 2.71. The molecule has 1 aliphatic heterocycles. The molecule has 3 unspecified atom stereocenters. The minimum atomic E-state index is -0.842. The second-order valence-electron chi connectivity index (χ2n) is 6.62. The van der Waals surface area contributed by atoms with E-state index < -0.39 is 5.54 Å². The summed E-state index contributed by atoms with van der Waals surface area (Å²) in [6.07, 6.45) is 3.22. The zero-order chi connectivity index (χ0) is 15.3. The third-order valence-corrected chi connectivity index (χ3v) is 5.11. The van der Waals surface area contributed by atoms with Crippen molar-refractivity contribution in [2.75, 3.05) is 13.2 Å². The van der Waals surface area contributed by atoms with Crippen molar-refractivity contribution in [2.45, 2.75) is 38.3 Å². The van der Waals surface area contributed by atoms with E-state index in [0.717, 1.165) is 12.2 Å². The number of rotatable bonds is 4. The topological polar surface area (TPSA) is 95.1 Å². The van der Waals surface area contributed by atoms with Gasteiger partial charge < -0.3 is 15.8 Å². The fourth-order valence-electron chi connectivity index (χ4n) is 3.78. The maximum atomic E-state index is 12.6. The van der Waals surface area contributed by atoms with Gasteiger partial charge in [-0.1, -0.05) is 13.8 Å². The standard InChI is InChI=1S/C14H23N5O2/c1-13(2)11-9(5-7-21-11)14(13,15)12(20)16-6-4-10-17-8-19(3)18-10/h8-9,11H,4-7,15H2,1-3H3,(H,16,20). The van der Waals surface area contributed by atoms with E-state index >= 15 is 0 Å². The summed E-state index contributed by atoms with van der Waals surface area (Å²) in [6, 6.07) is 0. The molecular formula is C14H23N5O2. The van der Waals surface area contributed by atoms with Crippen LogP contribution in [-0.2, 0) is 23.0 Å². The van der Waals surface area contributed by atoms with Crippen LogP contribution in [0.3, 0.4) is 0 Å².